The molecule has 360 valence electrons. The molecule has 0 radical (unpaired) electrons. The van der Waals surface area contributed by atoms with Gasteiger partial charge >= 0.3 is 5.97 Å². The monoisotopic (exact) mass is 912 g/mol. The fourth-order valence-electron chi connectivity index (χ4n) is 14.0. The van der Waals surface area contributed by atoms with E-state index in [0.717, 1.165) is 43.2 Å². The standard InChI is InChI=1S/C49H68O16/c1-23-44(55)33(50)19-42(59-23)64-46-25(3)61-43(21-35(46)52)65-45-24(2)60-41(20-34(45)51)62-28-10-12-47(4)27(16-28)7-8-31-32(47)18-39(53)48(5)30(11-13-49(31,48)56)29-17-40(54)63-37(29)14-26-6-9-36-38(15-26)58-22-57-36/h6,9,14-15,17,23-25,27-28,30-35,39,41-46,50-53,55-56H,7-8,10-13,16,18-22H2,1-5H3/b37-14-/t23-,24-,25-,27-,28+,30-,31-,32+,33+,34+,35+,39-,41+,42+,43+,44-,45-,46-,47+,48+,49+/m1/s1. The predicted octanol–water partition coefficient (Wildman–Crippen LogP) is 3.99. The number of hydrogen-bond donors (Lipinski definition) is 6. The summed E-state index contributed by atoms with van der Waals surface area (Å²) < 4.78 is 53.8. The zero-order valence-electron chi connectivity index (χ0n) is 38.0. The maximum Gasteiger partial charge on any atom is 0.336 e. The Morgan fingerprint density at radius 2 is 1.35 bits per heavy atom. The van der Waals surface area contributed by atoms with Crippen LogP contribution in [0, 0.1) is 34.5 Å². The number of carbonyl (C=O) groups excluding carboxylic acids is 1. The summed E-state index contributed by atoms with van der Waals surface area (Å²) in [5.41, 5.74) is -0.616. The van der Waals surface area contributed by atoms with Crippen LogP contribution in [0.1, 0.15) is 111 Å². The quantitative estimate of drug-likeness (QED) is 0.160. The minimum Gasteiger partial charge on any atom is -0.454 e. The van der Waals surface area contributed by atoms with Crippen LogP contribution in [0.3, 0.4) is 0 Å². The van der Waals surface area contributed by atoms with Crippen LogP contribution in [0.5, 0.6) is 11.5 Å². The first-order valence-electron chi connectivity index (χ1n) is 24.1. The van der Waals surface area contributed by atoms with Gasteiger partial charge in [0.15, 0.2) is 30.4 Å². The van der Waals surface area contributed by atoms with E-state index in [1.165, 1.54) is 0 Å². The number of carbonyl (C=O) groups is 1. The minimum absolute atomic E-state index is 0.0106. The van der Waals surface area contributed by atoms with E-state index < -0.39 is 96.9 Å². The average Bonchev–Trinajstić information content (AvgIpc) is 3.95. The second-order valence-corrected chi connectivity index (χ2v) is 21.1. The molecule has 0 aromatic heterocycles. The highest BCUT2D eigenvalue weighted by molar-refractivity contribution is 5.90. The Labute approximate surface area is 380 Å². The Morgan fingerprint density at radius 3 is 2.03 bits per heavy atom. The Bertz CT molecular complexity index is 1970. The van der Waals surface area contributed by atoms with Crippen LogP contribution < -0.4 is 9.47 Å². The van der Waals surface area contributed by atoms with E-state index in [9.17, 15) is 35.4 Å². The molecular formula is C49H68O16. The molecule has 4 saturated carbocycles. The molecule has 6 N–H and O–H groups in total. The van der Waals surface area contributed by atoms with Crippen LogP contribution >= 0.6 is 0 Å². The molecular weight excluding hydrogens is 845 g/mol. The van der Waals surface area contributed by atoms with Crippen molar-refractivity contribution < 1.29 is 78.1 Å². The van der Waals surface area contributed by atoms with E-state index in [1.54, 1.807) is 19.9 Å². The zero-order valence-corrected chi connectivity index (χ0v) is 38.0. The van der Waals surface area contributed by atoms with Crippen molar-refractivity contribution in [2.45, 2.75) is 197 Å². The topological polar surface area (TPSA) is 222 Å². The molecule has 16 nitrogen and oxygen atoms in total. The summed E-state index contributed by atoms with van der Waals surface area (Å²) >= 11 is 0. The molecule has 5 aliphatic heterocycles. The lowest BCUT2D eigenvalue weighted by Crippen LogP contribution is -2.67. The van der Waals surface area contributed by atoms with E-state index in [2.05, 4.69) is 6.92 Å². The second-order valence-electron chi connectivity index (χ2n) is 21.1. The molecule has 65 heavy (non-hydrogen) atoms. The Morgan fingerprint density at radius 1 is 0.708 bits per heavy atom. The van der Waals surface area contributed by atoms with E-state index in [1.807, 2.05) is 38.1 Å². The first-order valence-corrected chi connectivity index (χ1v) is 24.1. The number of benzene rings is 1. The van der Waals surface area contributed by atoms with Crippen LogP contribution in [0.4, 0.5) is 0 Å². The Hall–Kier alpha value is -2.71. The molecule has 3 saturated heterocycles. The van der Waals surface area contributed by atoms with Crippen LogP contribution in [-0.4, -0.2) is 135 Å². The van der Waals surface area contributed by atoms with Crippen LogP contribution in [-0.2, 0) is 38.0 Å². The van der Waals surface area contributed by atoms with Crippen molar-refractivity contribution in [3.63, 3.8) is 0 Å². The fraction of sp³-hybridized carbons (Fsp3) is 0.776. The zero-order chi connectivity index (χ0) is 45.7. The molecule has 10 rings (SSSR count). The van der Waals surface area contributed by atoms with Gasteiger partial charge in [0.05, 0.1) is 54.4 Å². The van der Waals surface area contributed by atoms with Crippen molar-refractivity contribution in [3.05, 3.63) is 41.2 Å². The average molecular weight is 913 g/mol. The van der Waals surface area contributed by atoms with Gasteiger partial charge in [-0.05, 0) is 125 Å². The van der Waals surface area contributed by atoms with Crippen LogP contribution in [0.25, 0.3) is 6.08 Å². The van der Waals surface area contributed by atoms with Gasteiger partial charge in [0.25, 0.3) is 0 Å². The van der Waals surface area contributed by atoms with Gasteiger partial charge in [-0.3, -0.25) is 0 Å². The molecule has 5 heterocycles. The summed E-state index contributed by atoms with van der Waals surface area (Å²) in [6.07, 6.45) is -0.567. The van der Waals surface area contributed by atoms with Crippen molar-refractivity contribution in [3.8, 4) is 11.5 Å². The number of rotatable bonds is 8. The van der Waals surface area contributed by atoms with Crippen LogP contribution in [0.2, 0.25) is 0 Å². The summed E-state index contributed by atoms with van der Waals surface area (Å²) in [7, 11) is 0. The van der Waals surface area contributed by atoms with E-state index in [4.69, 9.17) is 42.6 Å². The van der Waals surface area contributed by atoms with Gasteiger partial charge in [-0.15, -0.1) is 0 Å². The molecule has 21 atom stereocenters. The molecule has 9 aliphatic rings. The van der Waals surface area contributed by atoms with Crippen LogP contribution in [0.15, 0.2) is 35.6 Å². The van der Waals surface area contributed by atoms with Crippen molar-refractivity contribution >= 4 is 12.0 Å². The molecule has 0 unspecified atom stereocenters. The van der Waals surface area contributed by atoms with Gasteiger partial charge in [0, 0.05) is 36.3 Å². The summed E-state index contributed by atoms with van der Waals surface area (Å²) in [6.45, 7) is 9.77. The maximum absolute atomic E-state index is 13.0. The molecule has 0 amide bonds. The lowest BCUT2D eigenvalue weighted by Gasteiger charge is -2.65. The van der Waals surface area contributed by atoms with Gasteiger partial charge in [0.2, 0.25) is 6.79 Å². The fourth-order valence-corrected chi connectivity index (χ4v) is 14.0. The lowest BCUT2D eigenvalue weighted by atomic mass is 9.42. The highest BCUT2D eigenvalue weighted by Gasteiger charge is 2.71. The number of esters is 1. The number of hydrogen-bond acceptors (Lipinski definition) is 16. The molecule has 4 aliphatic carbocycles. The maximum atomic E-state index is 13.0. The molecule has 1 aromatic rings. The van der Waals surface area contributed by atoms with Crippen molar-refractivity contribution in [2.24, 2.45) is 34.5 Å². The number of cyclic esters (lactones) is 1. The number of ether oxygens (including phenoxy) is 9. The van der Waals surface area contributed by atoms with Crippen molar-refractivity contribution in [1.29, 1.82) is 0 Å². The Kier molecular flexibility index (Phi) is 12.3. The third kappa shape index (κ3) is 7.98. The minimum atomic E-state index is -1.13. The largest absolute Gasteiger partial charge is 0.454 e. The van der Waals surface area contributed by atoms with E-state index >= 15 is 0 Å². The molecule has 0 spiro atoms. The van der Waals surface area contributed by atoms with Crippen molar-refractivity contribution in [1.82, 2.24) is 0 Å². The third-order valence-electron chi connectivity index (χ3n) is 17.7. The summed E-state index contributed by atoms with van der Waals surface area (Å²) in [5, 5.41) is 68.0. The van der Waals surface area contributed by atoms with Gasteiger partial charge in [0.1, 0.15) is 24.1 Å². The number of aliphatic hydroxyl groups is 6. The molecule has 16 heteroatoms. The third-order valence-corrected chi connectivity index (χ3v) is 17.7. The SMILES string of the molecule is C[C@H]1O[C@@H](O[C@H]2[C@@H](O)C[C@H](O[C@H]3[C@@H](O)C[C@H](O[C@H]4CC[C@@]5(C)[C@H](CC[C@@H]6[C@@H]5C[C@@H](O)[C@]5(C)[C@@H](C7=CC(=O)O/C7=C\c7ccc8c(c7)OCO8)CC[C@]65O)C4)O[C@@H]3C)O[C@@H]2C)C[C@H](O)[C@@H]1O. The first-order chi connectivity index (χ1) is 30.9. The smallest absolute Gasteiger partial charge is 0.336 e. The summed E-state index contributed by atoms with van der Waals surface area (Å²) in [4.78, 5) is 12.8. The number of aliphatic hydroxyl groups excluding tert-OH is 5. The second kappa shape index (κ2) is 17.4. The highest BCUT2D eigenvalue weighted by atomic mass is 16.7. The van der Waals surface area contributed by atoms with E-state index in [-0.39, 0.29) is 55.3 Å². The summed E-state index contributed by atoms with van der Waals surface area (Å²) in [6, 6.07) is 5.58. The summed E-state index contributed by atoms with van der Waals surface area (Å²) in [5.74, 6) is 1.42. The molecule has 7 fully saturated rings. The first kappa shape index (κ1) is 46.0. The van der Waals surface area contributed by atoms with Crippen molar-refractivity contribution in [2.75, 3.05) is 6.79 Å². The number of allylic oxidation sites excluding steroid dienone is 1. The predicted molar refractivity (Wildman–Crippen MR) is 228 cm³/mol. The van der Waals surface area contributed by atoms with Gasteiger partial charge in [-0.25, -0.2) is 4.79 Å². The Balaban J connectivity index is 0.744. The lowest BCUT2D eigenvalue weighted by molar-refractivity contribution is -0.336. The molecule has 0 bridgehead atoms. The van der Waals surface area contributed by atoms with Gasteiger partial charge < -0.3 is 73.3 Å². The highest BCUT2D eigenvalue weighted by Crippen LogP contribution is 2.70. The normalized spacial score (nSPS) is 50.0. The van der Waals surface area contributed by atoms with Gasteiger partial charge in [-0.2, -0.15) is 0 Å². The van der Waals surface area contributed by atoms with E-state index in [0.29, 0.717) is 42.4 Å². The number of fused-ring (bicyclic) bond motifs is 6. The molecule has 1 aromatic carbocycles. The van der Waals surface area contributed by atoms with Gasteiger partial charge in [-0.1, -0.05) is 19.9 Å².